The summed E-state index contributed by atoms with van der Waals surface area (Å²) in [5, 5.41) is 0. The molecule has 4 rings (SSSR count). The molecule has 2 aromatic carbocycles. The highest BCUT2D eigenvalue weighted by atomic mass is 32.2. The largest absolute Gasteiger partial charge is 0.492 e. The molecule has 2 atom stereocenters. The first-order chi connectivity index (χ1) is 13.5. The van der Waals surface area contributed by atoms with Crippen molar-refractivity contribution in [3.8, 4) is 5.75 Å². The molecule has 1 aliphatic heterocycles. The van der Waals surface area contributed by atoms with Crippen molar-refractivity contribution in [2.45, 2.75) is 30.6 Å². The lowest BCUT2D eigenvalue weighted by Gasteiger charge is -2.22. The minimum absolute atomic E-state index is 0.0520. The molecule has 1 aliphatic carbocycles. The predicted molar refractivity (Wildman–Crippen MR) is 104 cm³/mol. The van der Waals surface area contributed by atoms with Gasteiger partial charge in [-0.25, -0.2) is 9.18 Å². The number of esters is 1. The summed E-state index contributed by atoms with van der Waals surface area (Å²) in [5.74, 6) is 0.662. The molecule has 1 saturated carbocycles. The SMILES string of the molecule is COC(=O)c1c(NSc2ccc(F)cc2CC(C)=O)ccc2c1OCC1CC21. The Kier molecular flexibility index (Phi) is 5.02. The number of carbonyl (C=O) groups excluding carboxylic acids is 2. The van der Waals surface area contributed by atoms with Gasteiger partial charge in [0.2, 0.25) is 0 Å². The molecule has 146 valence electrons. The van der Waals surface area contributed by atoms with Gasteiger partial charge in [0, 0.05) is 17.2 Å². The zero-order valence-electron chi connectivity index (χ0n) is 15.6. The van der Waals surface area contributed by atoms with Crippen LogP contribution in [0.3, 0.4) is 0 Å². The van der Waals surface area contributed by atoms with E-state index in [1.807, 2.05) is 12.1 Å². The number of anilines is 1. The van der Waals surface area contributed by atoms with Gasteiger partial charge in [0.05, 0.1) is 19.4 Å². The highest BCUT2D eigenvalue weighted by Crippen LogP contribution is 2.55. The summed E-state index contributed by atoms with van der Waals surface area (Å²) in [5.41, 5.74) is 2.58. The van der Waals surface area contributed by atoms with Crippen molar-refractivity contribution in [3.63, 3.8) is 0 Å². The lowest BCUT2D eigenvalue weighted by atomic mass is 10.0. The molecule has 2 unspecified atom stereocenters. The van der Waals surface area contributed by atoms with Crippen molar-refractivity contribution < 1.29 is 23.5 Å². The van der Waals surface area contributed by atoms with Crippen LogP contribution in [0.5, 0.6) is 5.75 Å². The van der Waals surface area contributed by atoms with Gasteiger partial charge in [-0.05, 0) is 66.6 Å². The molecule has 0 bridgehead atoms. The number of hydrogen-bond donors (Lipinski definition) is 1. The van der Waals surface area contributed by atoms with Gasteiger partial charge in [0.1, 0.15) is 22.9 Å². The number of benzene rings is 2. The third-order valence-electron chi connectivity index (χ3n) is 5.07. The molecule has 5 nitrogen and oxygen atoms in total. The van der Waals surface area contributed by atoms with Crippen molar-refractivity contribution in [1.29, 1.82) is 0 Å². The first-order valence-corrected chi connectivity index (χ1v) is 9.88. The van der Waals surface area contributed by atoms with E-state index in [-0.39, 0.29) is 12.2 Å². The molecule has 0 amide bonds. The standard InChI is InChI=1S/C21H20FNO4S/c1-11(24)7-12-8-14(22)3-6-18(12)28-23-17-5-4-15-16-9-13(16)10-27-20(15)19(17)21(25)26-2/h3-6,8,13,16,23H,7,9-10H2,1-2H3. The Bertz CT molecular complexity index is 962. The molecule has 1 fully saturated rings. The number of rotatable bonds is 6. The topological polar surface area (TPSA) is 64.6 Å². The normalized spacial score (nSPS) is 19.1. The average molecular weight is 401 g/mol. The fourth-order valence-electron chi connectivity index (χ4n) is 3.60. The first kappa shape index (κ1) is 18.8. The number of ketones is 1. The van der Waals surface area contributed by atoms with E-state index in [0.29, 0.717) is 45.9 Å². The highest BCUT2D eigenvalue weighted by Gasteiger charge is 2.45. The number of ether oxygens (including phenoxy) is 2. The maximum absolute atomic E-state index is 13.6. The monoisotopic (exact) mass is 401 g/mol. The van der Waals surface area contributed by atoms with E-state index < -0.39 is 11.8 Å². The van der Waals surface area contributed by atoms with E-state index in [1.54, 1.807) is 6.07 Å². The van der Waals surface area contributed by atoms with Gasteiger partial charge in [0.15, 0.2) is 0 Å². The minimum Gasteiger partial charge on any atom is -0.492 e. The zero-order valence-corrected chi connectivity index (χ0v) is 16.4. The van der Waals surface area contributed by atoms with Crippen molar-refractivity contribution in [2.75, 3.05) is 18.4 Å². The van der Waals surface area contributed by atoms with Gasteiger partial charge in [-0.15, -0.1) is 0 Å². The van der Waals surface area contributed by atoms with Gasteiger partial charge >= 0.3 is 5.97 Å². The Morgan fingerprint density at radius 2 is 2.14 bits per heavy atom. The molecule has 1 heterocycles. The number of hydrogen-bond acceptors (Lipinski definition) is 6. The lowest BCUT2D eigenvalue weighted by Crippen LogP contribution is -2.15. The smallest absolute Gasteiger partial charge is 0.343 e. The second-order valence-electron chi connectivity index (χ2n) is 7.15. The molecular weight excluding hydrogens is 381 g/mol. The van der Waals surface area contributed by atoms with Crippen molar-refractivity contribution in [2.24, 2.45) is 5.92 Å². The van der Waals surface area contributed by atoms with Crippen molar-refractivity contribution >= 4 is 29.4 Å². The van der Waals surface area contributed by atoms with E-state index in [4.69, 9.17) is 9.47 Å². The molecule has 28 heavy (non-hydrogen) atoms. The molecule has 7 heteroatoms. The van der Waals surface area contributed by atoms with Gasteiger partial charge in [-0.3, -0.25) is 4.79 Å². The third-order valence-corrected chi connectivity index (χ3v) is 6.01. The molecule has 0 saturated heterocycles. The first-order valence-electron chi connectivity index (χ1n) is 9.06. The predicted octanol–water partition coefficient (Wildman–Crippen LogP) is 4.36. The van der Waals surface area contributed by atoms with Crippen LogP contribution in [-0.4, -0.2) is 25.5 Å². The summed E-state index contributed by atoms with van der Waals surface area (Å²) in [6, 6.07) is 8.15. The molecule has 0 spiro atoms. The van der Waals surface area contributed by atoms with Crippen LogP contribution in [-0.2, 0) is 16.0 Å². The molecule has 2 aliphatic rings. The van der Waals surface area contributed by atoms with E-state index in [0.717, 1.165) is 12.0 Å². The maximum atomic E-state index is 13.6. The third kappa shape index (κ3) is 3.58. The zero-order chi connectivity index (χ0) is 19.8. The Morgan fingerprint density at radius 1 is 1.32 bits per heavy atom. The molecule has 0 aromatic heterocycles. The van der Waals surface area contributed by atoms with Crippen molar-refractivity contribution in [3.05, 3.63) is 52.8 Å². The highest BCUT2D eigenvalue weighted by molar-refractivity contribution is 8.00. The number of nitrogens with one attached hydrogen (secondary N) is 1. The quantitative estimate of drug-likeness (QED) is 0.573. The van der Waals surface area contributed by atoms with E-state index in [1.165, 1.54) is 38.1 Å². The molecule has 2 aromatic rings. The van der Waals surface area contributed by atoms with Crippen LogP contribution in [0.15, 0.2) is 35.2 Å². The van der Waals surface area contributed by atoms with Crippen LogP contribution in [0.4, 0.5) is 10.1 Å². The van der Waals surface area contributed by atoms with E-state index in [2.05, 4.69) is 4.72 Å². The fraction of sp³-hybridized carbons (Fsp3) is 0.333. The minimum atomic E-state index is -0.470. The Labute approximate surface area is 166 Å². The number of Topliss-reactive ketones (excluding diaryl/α,β-unsaturated/α-hetero) is 1. The summed E-state index contributed by atoms with van der Waals surface area (Å²) in [6.45, 7) is 2.08. The summed E-state index contributed by atoms with van der Waals surface area (Å²) in [6.07, 6.45) is 1.22. The Hall–Kier alpha value is -2.54. The summed E-state index contributed by atoms with van der Waals surface area (Å²) in [4.78, 5) is 24.7. The fourth-order valence-corrected chi connectivity index (χ4v) is 4.39. The van der Waals surface area contributed by atoms with Gasteiger partial charge in [0.25, 0.3) is 0 Å². The van der Waals surface area contributed by atoms with Gasteiger partial charge in [-0.1, -0.05) is 6.07 Å². The second kappa shape index (κ2) is 7.47. The van der Waals surface area contributed by atoms with Crippen LogP contribution in [0.25, 0.3) is 0 Å². The Morgan fingerprint density at radius 3 is 2.89 bits per heavy atom. The summed E-state index contributed by atoms with van der Waals surface area (Å²) >= 11 is 1.22. The van der Waals surface area contributed by atoms with Gasteiger partial charge < -0.3 is 14.2 Å². The second-order valence-corrected chi connectivity index (χ2v) is 7.99. The number of methoxy groups -OCH3 is 1. The summed E-state index contributed by atoms with van der Waals surface area (Å²) < 4.78 is 27.6. The molecule has 0 radical (unpaired) electrons. The number of fused-ring (bicyclic) bond motifs is 3. The Balaban J connectivity index is 1.64. The van der Waals surface area contributed by atoms with Crippen LogP contribution in [0, 0.1) is 11.7 Å². The number of carbonyl (C=O) groups is 2. The van der Waals surface area contributed by atoms with E-state index in [9.17, 15) is 14.0 Å². The summed E-state index contributed by atoms with van der Waals surface area (Å²) in [7, 11) is 1.34. The van der Waals surface area contributed by atoms with Crippen LogP contribution >= 0.6 is 11.9 Å². The van der Waals surface area contributed by atoms with E-state index >= 15 is 0 Å². The average Bonchev–Trinajstić information content (AvgIpc) is 3.46. The van der Waals surface area contributed by atoms with Gasteiger partial charge in [-0.2, -0.15) is 0 Å². The van der Waals surface area contributed by atoms with Crippen LogP contribution < -0.4 is 9.46 Å². The molecular formula is C21H20FNO4S. The van der Waals surface area contributed by atoms with Crippen LogP contribution in [0.1, 0.15) is 40.7 Å². The lowest BCUT2D eigenvalue weighted by molar-refractivity contribution is -0.116. The van der Waals surface area contributed by atoms with Crippen LogP contribution in [0.2, 0.25) is 0 Å². The maximum Gasteiger partial charge on any atom is 0.343 e. The van der Waals surface area contributed by atoms with Crippen molar-refractivity contribution in [1.82, 2.24) is 0 Å². The number of halogens is 1. The molecule has 1 N–H and O–H groups in total.